The van der Waals surface area contributed by atoms with Gasteiger partial charge in [0.2, 0.25) is 0 Å². The van der Waals surface area contributed by atoms with E-state index in [1.165, 1.54) is 4.68 Å². The zero-order valence-electron chi connectivity index (χ0n) is 15.4. The lowest BCUT2D eigenvalue weighted by Crippen LogP contribution is -2.36. The number of carbonyl (C=O) groups is 2. The quantitative estimate of drug-likeness (QED) is 0.730. The van der Waals surface area contributed by atoms with Crippen LogP contribution in [0.25, 0.3) is 10.8 Å². The van der Waals surface area contributed by atoms with E-state index >= 15 is 0 Å². The van der Waals surface area contributed by atoms with Gasteiger partial charge in [-0.3, -0.25) is 9.59 Å². The van der Waals surface area contributed by atoms with Crippen LogP contribution in [0, 0.1) is 0 Å². The average Bonchev–Trinajstić information content (AvgIpc) is 2.62. The van der Waals surface area contributed by atoms with E-state index < -0.39 is 5.97 Å². The number of fused-ring (bicyclic) bond motifs is 1. The maximum atomic E-state index is 12.5. The minimum Gasteiger partial charge on any atom is -0.451 e. The average molecular weight is 359 g/mol. The van der Waals surface area contributed by atoms with E-state index in [1.54, 1.807) is 24.3 Å². The van der Waals surface area contributed by atoms with Gasteiger partial charge in [0.15, 0.2) is 12.3 Å². The molecule has 7 heteroatoms. The van der Waals surface area contributed by atoms with Crippen molar-refractivity contribution < 1.29 is 14.3 Å². The Morgan fingerprint density at radius 3 is 2.54 bits per heavy atom. The summed E-state index contributed by atoms with van der Waals surface area (Å²) < 4.78 is 6.39. The first-order chi connectivity index (χ1) is 12.5. The van der Waals surface area contributed by atoms with Gasteiger partial charge in [0.1, 0.15) is 0 Å². The molecule has 0 saturated carbocycles. The number of aryl methyl sites for hydroxylation is 1. The maximum absolute atomic E-state index is 12.5. The van der Waals surface area contributed by atoms with Gasteiger partial charge < -0.3 is 10.1 Å². The molecule has 1 amide bonds. The molecule has 2 aromatic rings. The molecule has 1 aromatic carbocycles. The fourth-order valence-electron chi connectivity index (χ4n) is 2.77. The number of aromatic nitrogens is 2. The van der Waals surface area contributed by atoms with Gasteiger partial charge in [-0.25, -0.2) is 9.48 Å². The first-order valence-corrected chi connectivity index (χ1v) is 8.94. The van der Waals surface area contributed by atoms with Crippen LogP contribution in [-0.2, 0) is 16.1 Å². The topological polar surface area (TPSA) is 90.3 Å². The maximum Gasteiger partial charge on any atom is 0.359 e. The molecule has 1 aromatic heterocycles. The van der Waals surface area contributed by atoms with Crippen LogP contribution in [0.5, 0.6) is 0 Å². The van der Waals surface area contributed by atoms with E-state index in [2.05, 4.69) is 10.4 Å². The molecule has 0 saturated heterocycles. The van der Waals surface area contributed by atoms with E-state index in [9.17, 15) is 14.4 Å². The lowest BCUT2D eigenvalue weighted by atomic mass is 10.1. The van der Waals surface area contributed by atoms with Crippen LogP contribution in [0.15, 0.2) is 29.1 Å². The summed E-state index contributed by atoms with van der Waals surface area (Å²) in [5.41, 5.74) is -0.201. The molecule has 0 spiro atoms. The molecule has 1 N–H and O–H groups in total. The summed E-state index contributed by atoms with van der Waals surface area (Å²) in [6, 6.07) is 6.79. The Kier molecular flexibility index (Phi) is 6.89. The summed E-state index contributed by atoms with van der Waals surface area (Å²) in [4.78, 5) is 36.8. The van der Waals surface area contributed by atoms with Gasteiger partial charge in [-0.15, -0.1) is 0 Å². The first-order valence-electron chi connectivity index (χ1n) is 8.94. The Morgan fingerprint density at radius 2 is 1.88 bits per heavy atom. The van der Waals surface area contributed by atoms with Crippen molar-refractivity contribution in [3.05, 3.63) is 40.3 Å². The number of hydrogen-bond donors (Lipinski definition) is 1. The molecular weight excluding hydrogens is 334 g/mol. The molecule has 0 aliphatic carbocycles. The van der Waals surface area contributed by atoms with E-state index in [0.29, 0.717) is 23.7 Å². The van der Waals surface area contributed by atoms with Crippen LogP contribution in [0.4, 0.5) is 0 Å². The summed E-state index contributed by atoms with van der Waals surface area (Å²) in [5.74, 6) is -1.07. The predicted octanol–water partition coefficient (Wildman–Crippen LogP) is 2.27. The van der Waals surface area contributed by atoms with Crippen molar-refractivity contribution in [2.75, 3.05) is 6.61 Å². The largest absolute Gasteiger partial charge is 0.451 e. The van der Waals surface area contributed by atoms with Crippen molar-refractivity contribution in [2.24, 2.45) is 0 Å². The predicted molar refractivity (Wildman–Crippen MR) is 99.1 cm³/mol. The van der Waals surface area contributed by atoms with Crippen LogP contribution in [-0.4, -0.2) is 34.3 Å². The molecule has 0 bridgehead atoms. The molecule has 0 fully saturated rings. The number of nitrogens with one attached hydrogen (secondary N) is 1. The van der Waals surface area contributed by atoms with Gasteiger partial charge >= 0.3 is 5.97 Å². The van der Waals surface area contributed by atoms with Crippen molar-refractivity contribution in [1.82, 2.24) is 15.1 Å². The van der Waals surface area contributed by atoms with Crippen LogP contribution >= 0.6 is 0 Å². The highest BCUT2D eigenvalue weighted by atomic mass is 16.5. The Bertz CT molecular complexity index is 844. The SMILES string of the molecule is CCC[C@H](C)NC(=O)COC(=O)c1nn(CCC)c(=O)c2ccccc12. The molecule has 7 nitrogen and oxygen atoms in total. The zero-order chi connectivity index (χ0) is 19.1. The normalized spacial score (nSPS) is 12.0. The molecule has 1 heterocycles. The number of hydrogen-bond acceptors (Lipinski definition) is 5. The number of nitrogens with zero attached hydrogens (tertiary/aromatic N) is 2. The molecule has 140 valence electrons. The minimum atomic E-state index is -0.718. The van der Waals surface area contributed by atoms with E-state index in [-0.39, 0.29) is 29.8 Å². The molecule has 2 rings (SSSR count). The first kappa shape index (κ1) is 19.6. The highest BCUT2D eigenvalue weighted by Crippen LogP contribution is 2.14. The monoisotopic (exact) mass is 359 g/mol. The van der Waals surface area contributed by atoms with Crippen molar-refractivity contribution >= 4 is 22.6 Å². The van der Waals surface area contributed by atoms with Crippen LogP contribution in [0.2, 0.25) is 0 Å². The Hall–Kier alpha value is -2.70. The molecule has 1 atom stereocenters. The number of esters is 1. The van der Waals surface area contributed by atoms with Gasteiger partial charge in [0.25, 0.3) is 11.5 Å². The van der Waals surface area contributed by atoms with Crippen LogP contribution in [0.3, 0.4) is 0 Å². The lowest BCUT2D eigenvalue weighted by molar-refractivity contribution is -0.124. The summed E-state index contributed by atoms with van der Waals surface area (Å²) in [5, 5.41) is 7.76. The van der Waals surface area contributed by atoms with Crippen molar-refractivity contribution in [3.63, 3.8) is 0 Å². The lowest BCUT2D eigenvalue weighted by Gasteiger charge is -2.13. The third-order valence-electron chi connectivity index (χ3n) is 3.96. The number of ether oxygens (including phenoxy) is 1. The van der Waals surface area contributed by atoms with Crippen molar-refractivity contribution in [1.29, 1.82) is 0 Å². The van der Waals surface area contributed by atoms with Gasteiger partial charge in [0.05, 0.1) is 5.39 Å². The van der Waals surface area contributed by atoms with Gasteiger partial charge in [0, 0.05) is 18.0 Å². The highest BCUT2D eigenvalue weighted by molar-refractivity contribution is 6.02. The fourth-order valence-corrected chi connectivity index (χ4v) is 2.77. The molecule has 26 heavy (non-hydrogen) atoms. The zero-order valence-corrected chi connectivity index (χ0v) is 15.4. The third kappa shape index (κ3) is 4.68. The summed E-state index contributed by atoms with van der Waals surface area (Å²) in [6.45, 7) is 5.88. The Labute approximate surface area is 152 Å². The van der Waals surface area contributed by atoms with Crippen molar-refractivity contribution in [2.45, 2.75) is 52.6 Å². The molecule has 0 radical (unpaired) electrons. The number of benzene rings is 1. The Morgan fingerprint density at radius 1 is 1.19 bits per heavy atom. The van der Waals surface area contributed by atoms with Crippen molar-refractivity contribution in [3.8, 4) is 0 Å². The van der Waals surface area contributed by atoms with Gasteiger partial charge in [-0.05, 0) is 25.8 Å². The summed E-state index contributed by atoms with van der Waals surface area (Å²) >= 11 is 0. The van der Waals surface area contributed by atoms with Crippen LogP contribution in [0.1, 0.15) is 50.5 Å². The smallest absolute Gasteiger partial charge is 0.359 e. The summed E-state index contributed by atoms with van der Waals surface area (Å²) in [7, 11) is 0. The molecule has 0 aliphatic heterocycles. The number of rotatable bonds is 8. The molecular formula is C19H25N3O4. The highest BCUT2D eigenvalue weighted by Gasteiger charge is 2.19. The fraction of sp³-hybridized carbons (Fsp3) is 0.474. The minimum absolute atomic E-state index is 0.0246. The second kappa shape index (κ2) is 9.12. The molecule has 0 unspecified atom stereocenters. The van der Waals surface area contributed by atoms with Crippen LogP contribution < -0.4 is 10.9 Å². The standard InChI is InChI=1S/C19H25N3O4/c1-4-8-13(3)20-16(23)12-26-19(25)17-14-9-6-7-10-15(14)18(24)22(21-17)11-5-2/h6-7,9-10,13H,4-5,8,11-12H2,1-3H3,(H,20,23)/t13-/m0/s1. The summed E-state index contributed by atoms with van der Waals surface area (Å²) in [6.07, 6.45) is 2.52. The van der Waals surface area contributed by atoms with E-state index in [0.717, 1.165) is 12.8 Å². The van der Waals surface area contributed by atoms with E-state index in [1.807, 2.05) is 20.8 Å². The third-order valence-corrected chi connectivity index (χ3v) is 3.96. The van der Waals surface area contributed by atoms with Gasteiger partial charge in [-0.2, -0.15) is 5.10 Å². The second-order valence-corrected chi connectivity index (χ2v) is 6.26. The van der Waals surface area contributed by atoms with E-state index in [4.69, 9.17) is 4.74 Å². The number of amides is 1. The molecule has 0 aliphatic rings. The Balaban J connectivity index is 2.20. The number of carbonyl (C=O) groups excluding carboxylic acids is 2. The second-order valence-electron chi connectivity index (χ2n) is 6.26. The van der Waals surface area contributed by atoms with Gasteiger partial charge in [-0.1, -0.05) is 38.5 Å².